The third kappa shape index (κ3) is 3.17. The standard InChI is InChI=1S/C19H23N5O4S/c1-12-17(13(2)22-21-12)29(27,28)24-9-5-8-16(24)18-20-15-7-4-3-6-14(15)19(26)23(18)10-11-25/h3-4,6-7,16,25H,5,8-11H2,1-2H3,(H,21,22). The number of sulfonamides is 1. The maximum absolute atomic E-state index is 13.4. The Morgan fingerprint density at radius 2 is 2.03 bits per heavy atom. The molecule has 3 aromatic rings. The van der Waals surface area contributed by atoms with Gasteiger partial charge < -0.3 is 5.11 Å². The molecular weight excluding hydrogens is 394 g/mol. The van der Waals surface area contributed by atoms with Gasteiger partial charge in [0.1, 0.15) is 10.7 Å². The summed E-state index contributed by atoms with van der Waals surface area (Å²) in [4.78, 5) is 17.8. The average Bonchev–Trinajstić information content (AvgIpc) is 3.31. The number of fused-ring (bicyclic) bond motifs is 1. The molecule has 9 nitrogen and oxygen atoms in total. The molecule has 2 N–H and O–H groups in total. The maximum atomic E-state index is 13.4. The first kappa shape index (κ1) is 19.7. The first-order valence-electron chi connectivity index (χ1n) is 9.50. The Kier molecular flexibility index (Phi) is 5.01. The normalized spacial score (nSPS) is 18.0. The van der Waals surface area contributed by atoms with Gasteiger partial charge in [-0.3, -0.25) is 14.5 Å². The van der Waals surface area contributed by atoms with Crippen molar-refractivity contribution in [3.05, 3.63) is 51.8 Å². The van der Waals surface area contributed by atoms with Crippen LogP contribution in [0.25, 0.3) is 10.9 Å². The molecule has 29 heavy (non-hydrogen) atoms. The number of rotatable bonds is 5. The van der Waals surface area contributed by atoms with Crippen LogP contribution in [0.3, 0.4) is 0 Å². The number of aliphatic hydroxyl groups excluding tert-OH is 1. The van der Waals surface area contributed by atoms with Crippen molar-refractivity contribution in [3.8, 4) is 0 Å². The number of aromatic amines is 1. The summed E-state index contributed by atoms with van der Waals surface area (Å²) in [5.41, 5.74) is 1.13. The van der Waals surface area contributed by atoms with Crippen LogP contribution in [0, 0.1) is 13.8 Å². The molecule has 10 heteroatoms. The molecule has 1 aliphatic rings. The van der Waals surface area contributed by atoms with E-state index in [-0.39, 0.29) is 23.6 Å². The van der Waals surface area contributed by atoms with Gasteiger partial charge >= 0.3 is 0 Å². The number of nitrogens with zero attached hydrogens (tertiary/aromatic N) is 4. The molecule has 1 fully saturated rings. The topological polar surface area (TPSA) is 121 Å². The largest absolute Gasteiger partial charge is 0.395 e. The summed E-state index contributed by atoms with van der Waals surface area (Å²) in [6.45, 7) is 3.47. The zero-order valence-electron chi connectivity index (χ0n) is 16.3. The van der Waals surface area contributed by atoms with Crippen molar-refractivity contribution in [3.63, 3.8) is 0 Å². The van der Waals surface area contributed by atoms with Crippen molar-refractivity contribution in [2.24, 2.45) is 0 Å². The minimum Gasteiger partial charge on any atom is -0.395 e. The fourth-order valence-electron chi connectivity index (χ4n) is 4.08. The van der Waals surface area contributed by atoms with Gasteiger partial charge in [-0.15, -0.1) is 0 Å². The van der Waals surface area contributed by atoms with Gasteiger partial charge in [-0.05, 0) is 38.8 Å². The second-order valence-corrected chi connectivity index (χ2v) is 9.03. The van der Waals surface area contributed by atoms with E-state index >= 15 is 0 Å². The summed E-state index contributed by atoms with van der Waals surface area (Å²) in [6.07, 6.45) is 1.20. The van der Waals surface area contributed by atoms with E-state index < -0.39 is 16.1 Å². The van der Waals surface area contributed by atoms with Crippen LogP contribution in [0.15, 0.2) is 34.0 Å². The molecular formula is C19H23N5O4S. The smallest absolute Gasteiger partial charge is 0.261 e. The Bertz CT molecular complexity index is 1210. The van der Waals surface area contributed by atoms with E-state index in [2.05, 4.69) is 15.2 Å². The SMILES string of the molecule is Cc1n[nH]c(C)c1S(=O)(=O)N1CCCC1c1nc2ccccc2c(=O)n1CCO. The van der Waals surface area contributed by atoms with E-state index in [4.69, 9.17) is 0 Å². The van der Waals surface area contributed by atoms with Gasteiger partial charge in [0.25, 0.3) is 5.56 Å². The molecule has 0 spiro atoms. The van der Waals surface area contributed by atoms with Crippen molar-refractivity contribution >= 4 is 20.9 Å². The van der Waals surface area contributed by atoms with Gasteiger partial charge in [-0.2, -0.15) is 9.40 Å². The fraction of sp³-hybridized carbons (Fsp3) is 0.421. The summed E-state index contributed by atoms with van der Waals surface area (Å²) in [5, 5.41) is 16.7. The van der Waals surface area contributed by atoms with Crippen LogP contribution in [-0.2, 0) is 16.6 Å². The highest BCUT2D eigenvalue weighted by Crippen LogP contribution is 2.37. The highest BCUT2D eigenvalue weighted by molar-refractivity contribution is 7.89. The minimum absolute atomic E-state index is 0.0557. The van der Waals surface area contributed by atoms with Crippen molar-refractivity contribution in [1.82, 2.24) is 24.1 Å². The van der Waals surface area contributed by atoms with E-state index in [9.17, 15) is 18.3 Å². The summed E-state index contributed by atoms with van der Waals surface area (Å²) >= 11 is 0. The van der Waals surface area contributed by atoms with Crippen LogP contribution in [0.4, 0.5) is 0 Å². The number of aliphatic hydroxyl groups is 1. The predicted molar refractivity (Wildman–Crippen MR) is 107 cm³/mol. The predicted octanol–water partition coefficient (Wildman–Crippen LogP) is 1.25. The fourth-order valence-corrected chi connectivity index (χ4v) is 6.07. The van der Waals surface area contributed by atoms with Gasteiger partial charge in [0, 0.05) is 6.54 Å². The zero-order valence-corrected chi connectivity index (χ0v) is 17.1. The second kappa shape index (κ2) is 7.36. The lowest BCUT2D eigenvalue weighted by Crippen LogP contribution is -2.36. The van der Waals surface area contributed by atoms with E-state index in [1.54, 1.807) is 38.1 Å². The Morgan fingerprint density at radius 1 is 1.28 bits per heavy atom. The first-order chi connectivity index (χ1) is 13.9. The maximum Gasteiger partial charge on any atom is 0.261 e. The van der Waals surface area contributed by atoms with E-state index in [1.807, 2.05) is 0 Å². The van der Waals surface area contributed by atoms with E-state index in [0.29, 0.717) is 47.5 Å². The van der Waals surface area contributed by atoms with Crippen LogP contribution in [0.2, 0.25) is 0 Å². The zero-order chi connectivity index (χ0) is 20.8. The van der Waals surface area contributed by atoms with Crippen molar-refractivity contribution in [2.75, 3.05) is 13.2 Å². The lowest BCUT2D eigenvalue weighted by molar-refractivity contribution is 0.266. The molecule has 2 aromatic heterocycles. The molecule has 4 rings (SSSR count). The number of hydrogen-bond acceptors (Lipinski definition) is 6. The number of para-hydroxylation sites is 1. The van der Waals surface area contributed by atoms with Crippen molar-refractivity contribution < 1.29 is 13.5 Å². The van der Waals surface area contributed by atoms with Gasteiger partial charge in [0.05, 0.1) is 41.5 Å². The molecule has 3 heterocycles. The molecule has 0 bridgehead atoms. The number of aryl methyl sites for hydroxylation is 2. The number of benzene rings is 1. The minimum atomic E-state index is -3.83. The van der Waals surface area contributed by atoms with E-state index in [1.165, 1.54) is 8.87 Å². The third-order valence-corrected chi connectivity index (χ3v) is 7.52. The molecule has 1 atom stereocenters. The molecule has 0 aliphatic carbocycles. The van der Waals surface area contributed by atoms with Crippen molar-refractivity contribution in [2.45, 2.75) is 44.2 Å². The summed E-state index contributed by atoms with van der Waals surface area (Å²) in [6, 6.07) is 6.38. The quantitative estimate of drug-likeness (QED) is 0.645. The van der Waals surface area contributed by atoms with Crippen LogP contribution >= 0.6 is 0 Å². The molecule has 1 aliphatic heterocycles. The highest BCUT2D eigenvalue weighted by atomic mass is 32.2. The Labute approximate surface area is 168 Å². The van der Waals surface area contributed by atoms with Gasteiger partial charge in [0.15, 0.2) is 0 Å². The Morgan fingerprint density at radius 3 is 2.72 bits per heavy atom. The molecule has 0 amide bonds. The molecule has 1 unspecified atom stereocenters. The monoisotopic (exact) mass is 417 g/mol. The summed E-state index contributed by atoms with van der Waals surface area (Å²) < 4.78 is 29.7. The lowest BCUT2D eigenvalue weighted by Gasteiger charge is -2.26. The number of hydrogen-bond donors (Lipinski definition) is 2. The van der Waals surface area contributed by atoms with Gasteiger partial charge in [-0.25, -0.2) is 13.4 Å². The average molecular weight is 417 g/mol. The number of nitrogens with one attached hydrogen (secondary N) is 1. The number of H-pyrrole nitrogens is 1. The van der Waals surface area contributed by atoms with Crippen LogP contribution < -0.4 is 5.56 Å². The lowest BCUT2D eigenvalue weighted by atomic mass is 10.2. The first-order valence-corrected chi connectivity index (χ1v) is 10.9. The van der Waals surface area contributed by atoms with Gasteiger partial charge in [0.2, 0.25) is 10.0 Å². The highest BCUT2D eigenvalue weighted by Gasteiger charge is 2.40. The van der Waals surface area contributed by atoms with Crippen molar-refractivity contribution in [1.29, 1.82) is 0 Å². The Hall–Kier alpha value is -2.56. The Balaban J connectivity index is 1.89. The van der Waals surface area contributed by atoms with Crippen LogP contribution in [-0.4, -0.2) is 50.7 Å². The number of aromatic nitrogens is 4. The summed E-state index contributed by atoms with van der Waals surface area (Å²) in [5.74, 6) is 0.364. The second-order valence-electron chi connectivity index (χ2n) is 7.20. The molecule has 154 valence electrons. The van der Waals surface area contributed by atoms with E-state index in [0.717, 1.165) is 0 Å². The molecule has 0 saturated carbocycles. The summed E-state index contributed by atoms with van der Waals surface area (Å²) in [7, 11) is -3.83. The molecule has 0 radical (unpaired) electrons. The van der Waals surface area contributed by atoms with Crippen LogP contribution in [0.5, 0.6) is 0 Å². The van der Waals surface area contributed by atoms with Crippen LogP contribution in [0.1, 0.15) is 36.1 Å². The third-order valence-electron chi connectivity index (χ3n) is 5.34. The molecule has 1 saturated heterocycles. The van der Waals surface area contributed by atoms with Gasteiger partial charge in [-0.1, -0.05) is 12.1 Å². The molecule has 1 aromatic carbocycles.